The van der Waals surface area contributed by atoms with Gasteiger partial charge in [0.1, 0.15) is 0 Å². The molecule has 1 aromatic rings. The molecule has 1 unspecified atom stereocenters. The van der Waals surface area contributed by atoms with Crippen LogP contribution < -0.4 is 10.6 Å². The third-order valence-electron chi connectivity index (χ3n) is 2.86. The number of pyridine rings is 1. The minimum Gasteiger partial charge on any atom is -0.462 e. The summed E-state index contributed by atoms with van der Waals surface area (Å²) >= 11 is 0. The Morgan fingerprint density at radius 1 is 1.60 bits per heavy atom. The molecular formula is C14H20N4O2. The largest absolute Gasteiger partial charge is 0.462 e. The van der Waals surface area contributed by atoms with Gasteiger partial charge in [0.25, 0.3) is 0 Å². The van der Waals surface area contributed by atoms with Crippen molar-refractivity contribution in [3.63, 3.8) is 0 Å². The molecule has 6 nitrogen and oxygen atoms in total. The lowest BCUT2D eigenvalue weighted by molar-refractivity contribution is 0.0527. The standard InChI is InChI=1S/C14H20N4O2/c1-4-18(9-10(3)8-15)13-12(16)11(6-7-17-13)14(19)20-5-2/h6-7,10H,4-5,9,16H2,1-3H3. The summed E-state index contributed by atoms with van der Waals surface area (Å²) in [5.74, 6) is -0.0967. The van der Waals surface area contributed by atoms with Crippen molar-refractivity contribution < 1.29 is 9.53 Å². The molecule has 20 heavy (non-hydrogen) atoms. The van der Waals surface area contributed by atoms with Gasteiger partial charge in [0.2, 0.25) is 0 Å². The number of hydrogen-bond donors (Lipinski definition) is 1. The Labute approximate surface area is 119 Å². The molecule has 1 atom stereocenters. The van der Waals surface area contributed by atoms with E-state index in [1.165, 1.54) is 6.20 Å². The highest BCUT2D eigenvalue weighted by Crippen LogP contribution is 2.25. The van der Waals surface area contributed by atoms with Gasteiger partial charge in [-0.1, -0.05) is 0 Å². The summed E-state index contributed by atoms with van der Waals surface area (Å²) in [6.45, 7) is 6.96. The van der Waals surface area contributed by atoms with Crippen LogP contribution in [0.15, 0.2) is 12.3 Å². The maximum Gasteiger partial charge on any atom is 0.340 e. The Morgan fingerprint density at radius 3 is 2.85 bits per heavy atom. The molecule has 0 aliphatic rings. The Hall–Kier alpha value is -2.29. The predicted octanol–water partition coefficient (Wildman–Crippen LogP) is 1.83. The third kappa shape index (κ3) is 3.60. The molecule has 1 heterocycles. The van der Waals surface area contributed by atoms with Gasteiger partial charge in [0.05, 0.1) is 29.8 Å². The molecule has 6 heteroatoms. The fraction of sp³-hybridized carbons (Fsp3) is 0.500. The summed E-state index contributed by atoms with van der Waals surface area (Å²) in [6.07, 6.45) is 1.53. The summed E-state index contributed by atoms with van der Waals surface area (Å²) in [5.41, 5.74) is 6.62. The summed E-state index contributed by atoms with van der Waals surface area (Å²) < 4.78 is 4.96. The number of carbonyl (C=O) groups is 1. The molecule has 1 rings (SSSR count). The molecule has 2 N–H and O–H groups in total. The van der Waals surface area contributed by atoms with Gasteiger partial charge in [0, 0.05) is 19.3 Å². The van der Waals surface area contributed by atoms with Gasteiger partial charge in [-0.2, -0.15) is 5.26 Å². The van der Waals surface area contributed by atoms with Crippen LogP contribution in [0.5, 0.6) is 0 Å². The molecular weight excluding hydrogens is 256 g/mol. The van der Waals surface area contributed by atoms with Gasteiger partial charge in [-0.05, 0) is 26.8 Å². The molecule has 0 fully saturated rings. The molecule has 1 aromatic heterocycles. The van der Waals surface area contributed by atoms with Crippen LogP contribution in [0.25, 0.3) is 0 Å². The SMILES string of the molecule is CCOC(=O)c1ccnc(N(CC)CC(C)C#N)c1N. The van der Waals surface area contributed by atoms with E-state index in [9.17, 15) is 4.79 Å². The van der Waals surface area contributed by atoms with Gasteiger partial charge in [-0.15, -0.1) is 0 Å². The van der Waals surface area contributed by atoms with E-state index in [-0.39, 0.29) is 11.6 Å². The Balaban J connectivity index is 3.09. The maximum atomic E-state index is 11.8. The van der Waals surface area contributed by atoms with Crippen molar-refractivity contribution in [2.45, 2.75) is 20.8 Å². The zero-order chi connectivity index (χ0) is 15.1. The minimum atomic E-state index is -0.460. The monoisotopic (exact) mass is 276 g/mol. The first-order valence-electron chi connectivity index (χ1n) is 6.61. The van der Waals surface area contributed by atoms with Crippen LogP contribution >= 0.6 is 0 Å². The maximum absolute atomic E-state index is 11.8. The van der Waals surface area contributed by atoms with Crippen LogP contribution in [0.4, 0.5) is 11.5 Å². The molecule has 108 valence electrons. The summed E-state index contributed by atoms with van der Waals surface area (Å²) in [5, 5.41) is 8.91. The van der Waals surface area contributed by atoms with Crippen LogP contribution in [0.3, 0.4) is 0 Å². The lowest BCUT2D eigenvalue weighted by Gasteiger charge is -2.24. The molecule has 0 radical (unpaired) electrons. The van der Waals surface area contributed by atoms with Crippen molar-refractivity contribution >= 4 is 17.5 Å². The zero-order valence-electron chi connectivity index (χ0n) is 12.1. The average Bonchev–Trinajstić information content (AvgIpc) is 2.45. The van der Waals surface area contributed by atoms with Crippen LogP contribution in [-0.4, -0.2) is 30.6 Å². The van der Waals surface area contributed by atoms with Crippen molar-refractivity contribution in [3.05, 3.63) is 17.8 Å². The summed E-state index contributed by atoms with van der Waals surface area (Å²) in [6, 6.07) is 3.71. The van der Waals surface area contributed by atoms with E-state index >= 15 is 0 Å². The second-order valence-electron chi connectivity index (χ2n) is 4.39. The molecule has 0 aromatic carbocycles. The molecule has 0 spiro atoms. The van der Waals surface area contributed by atoms with Crippen LogP contribution in [-0.2, 0) is 4.74 Å². The Morgan fingerprint density at radius 2 is 2.30 bits per heavy atom. The van der Waals surface area contributed by atoms with Crippen molar-refractivity contribution in [1.82, 2.24) is 4.98 Å². The molecule has 0 amide bonds. The van der Waals surface area contributed by atoms with Crippen molar-refractivity contribution in [1.29, 1.82) is 5.26 Å². The van der Waals surface area contributed by atoms with Gasteiger partial charge >= 0.3 is 5.97 Å². The van der Waals surface area contributed by atoms with Gasteiger partial charge in [-0.3, -0.25) is 0 Å². The highest BCUT2D eigenvalue weighted by atomic mass is 16.5. The van der Waals surface area contributed by atoms with Gasteiger partial charge in [0.15, 0.2) is 5.82 Å². The van der Waals surface area contributed by atoms with E-state index in [0.29, 0.717) is 31.1 Å². The highest BCUT2D eigenvalue weighted by Gasteiger charge is 2.19. The number of nitrogens with two attached hydrogens (primary N) is 1. The Kier molecular flexibility index (Phi) is 5.78. The lowest BCUT2D eigenvalue weighted by atomic mass is 10.1. The second-order valence-corrected chi connectivity index (χ2v) is 4.39. The normalized spacial score (nSPS) is 11.5. The van der Waals surface area contributed by atoms with E-state index in [2.05, 4.69) is 11.1 Å². The molecule has 0 aliphatic heterocycles. The first-order valence-corrected chi connectivity index (χ1v) is 6.61. The fourth-order valence-electron chi connectivity index (χ4n) is 1.84. The number of nitrogens with zero attached hydrogens (tertiary/aromatic N) is 3. The quantitative estimate of drug-likeness (QED) is 0.797. The first kappa shape index (κ1) is 15.8. The minimum absolute atomic E-state index is 0.151. The number of ether oxygens (including phenoxy) is 1. The number of esters is 1. The summed E-state index contributed by atoms with van der Waals surface area (Å²) in [4.78, 5) is 17.9. The molecule has 0 saturated carbocycles. The van der Waals surface area contributed by atoms with E-state index in [1.54, 1.807) is 13.0 Å². The molecule has 0 aliphatic carbocycles. The zero-order valence-corrected chi connectivity index (χ0v) is 12.1. The lowest BCUT2D eigenvalue weighted by Crippen LogP contribution is -2.30. The smallest absolute Gasteiger partial charge is 0.340 e. The highest BCUT2D eigenvalue weighted by molar-refractivity contribution is 5.97. The number of nitrogen functional groups attached to an aromatic ring is 1. The topological polar surface area (TPSA) is 92.2 Å². The van der Waals surface area contributed by atoms with Gasteiger partial charge < -0.3 is 15.4 Å². The van der Waals surface area contributed by atoms with Crippen molar-refractivity contribution in [2.24, 2.45) is 5.92 Å². The van der Waals surface area contributed by atoms with E-state index in [4.69, 9.17) is 15.7 Å². The number of rotatable bonds is 6. The third-order valence-corrected chi connectivity index (χ3v) is 2.86. The van der Waals surface area contributed by atoms with Crippen LogP contribution in [0.1, 0.15) is 31.1 Å². The average molecular weight is 276 g/mol. The van der Waals surface area contributed by atoms with Crippen LogP contribution in [0.2, 0.25) is 0 Å². The number of nitriles is 1. The van der Waals surface area contributed by atoms with Crippen molar-refractivity contribution in [3.8, 4) is 6.07 Å². The molecule has 0 bridgehead atoms. The predicted molar refractivity (Wildman–Crippen MR) is 77.3 cm³/mol. The number of aromatic nitrogens is 1. The van der Waals surface area contributed by atoms with Gasteiger partial charge in [-0.25, -0.2) is 9.78 Å². The summed E-state index contributed by atoms with van der Waals surface area (Å²) in [7, 11) is 0. The second kappa shape index (κ2) is 7.34. The Bertz CT molecular complexity index is 510. The van der Waals surface area contributed by atoms with E-state index in [0.717, 1.165) is 0 Å². The van der Waals surface area contributed by atoms with Crippen molar-refractivity contribution in [2.75, 3.05) is 30.3 Å². The molecule has 0 saturated heterocycles. The number of anilines is 2. The van der Waals surface area contributed by atoms with Crippen LogP contribution in [0, 0.1) is 17.2 Å². The number of hydrogen-bond acceptors (Lipinski definition) is 6. The number of carbonyl (C=O) groups excluding carboxylic acids is 1. The first-order chi connectivity index (χ1) is 9.54. The van der Waals surface area contributed by atoms with E-state index in [1.807, 2.05) is 18.7 Å². The van der Waals surface area contributed by atoms with E-state index < -0.39 is 5.97 Å². The fourth-order valence-corrected chi connectivity index (χ4v) is 1.84.